The largest absolute Gasteiger partial charge is 0.398 e. The van der Waals surface area contributed by atoms with Crippen molar-refractivity contribution < 1.29 is 8.78 Å². The molecule has 0 bridgehead atoms. The molecular formula is C8H9F2N. The Bertz CT molecular complexity index is 258. The van der Waals surface area contributed by atoms with E-state index in [9.17, 15) is 8.78 Å². The number of nitrogens with two attached hydrogens (primary N) is 1. The summed E-state index contributed by atoms with van der Waals surface area (Å²) in [6.45, 7) is 1.71. The van der Waals surface area contributed by atoms with Gasteiger partial charge in [0.2, 0.25) is 0 Å². The SMILES string of the molecule is Cc1cccc(C(F)F)c1N. The Morgan fingerprint density at radius 2 is 2.00 bits per heavy atom. The van der Waals surface area contributed by atoms with Crippen LogP contribution in [-0.2, 0) is 0 Å². The summed E-state index contributed by atoms with van der Waals surface area (Å²) in [5.41, 5.74) is 6.22. The molecule has 0 spiro atoms. The molecule has 0 saturated carbocycles. The second kappa shape index (κ2) is 2.86. The molecule has 0 unspecified atom stereocenters. The lowest BCUT2D eigenvalue weighted by Gasteiger charge is -2.05. The smallest absolute Gasteiger partial charge is 0.265 e. The maximum Gasteiger partial charge on any atom is 0.265 e. The van der Waals surface area contributed by atoms with E-state index in [1.807, 2.05) is 0 Å². The molecule has 2 N–H and O–H groups in total. The molecule has 0 heterocycles. The van der Waals surface area contributed by atoms with E-state index in [-0.39, 0.29) is 11.3 Å². The summed E-state index contributed by atoms with van der Waals surface area (Å²) < 4.78 is 24.3. The maximum absolute atomic E-state index is 12.1. The monoisotopic (exact) mass is 157 g/mol. The maximum atomic E-state index is 12.1. The third-order valence-corrected chi connectivity index (χ3v) is 1.59. The minimum atomic E-state index is -2.48. The Morgan fingerprint density at radius 1 is 1.36 bits per heavy atom. The predicted octanol–water partition coefficient (Wildman–Crippen LogP) is 2.51. The van der Waals surface area contributed by atoms with Gasteiger partial charge in [-0.25, -0.2) is 8.78 Å². The number of anilines is 1. The molecule has 0 aromatic heterocycles. The number of para-hydroxylation sites is 1. The van der Waals surface area contributed by atoms with Crippen LogP contribution >= 0.6 is 0 Å². The van der Waals surface area contributed by atoms with Gasteiger partial charge in [0.25, 0.3) is 6.43 Å². The normalized spacial score (nSPS) is 10.5. The number of rotatable bonds is 1. The van der Waals surface area contributed by atoms with Crippen LogP contribution in [0.5, 0.6) is 0 Å². The van der Waals surface area contributed by atoms with Crippen molar-refractivity contribution in [2.75, 3.05) is 5.73 Å². The van der Waals surface area contributed by atoms with E-state index in [0.717, 1.165) is 0 Å². The van der Waals surface area contributed by atoms with Crippen molar-refractivity contribution >= 4 is 5.69 Å². The Kier molecular flexibility index (Phi) is 2.08. The minimum absolute atomic E-state index is 0.0787. The van der Waals surface area contributed by atoms with Crippen LogP contribution in [0.3, 0.4) is 0 Å². The predicted molar refractivity (Wildman–Crippen MR) is 40.5 cm³/mol. The number of benzene rings is 1. The zero-order valence-corrected chi connectivity index (χ0v) is 6.14. The topological polar surface area (TPSA) is 26.0 Å². The van der Waals surface area contributed by atoms with Crippen LogP contribution in [0.2, 0.25) is 0 Å². The van der Waals surface area contributed by atoms with Crippen molar-refractivity contribution in [2.45, 2.75) is 13.3 Å². The first-order valence-electron chi connectivity index (χ1n) is 3.26. The van der Waals surface area contributed by atoms with Gasteiger partial charge in [0.05, 0.1) is 0 Å². The lowest BCUT2D eigenvalue weighted by atomic mass is 10.1. The van der Waals surface area contributed by atoms with Gasteiger partial charge >= 0.3 is 0 Å². The van der Waals surface area contributed by atoms with Gasteiger partial charge in [-0.05, 0) is 12.5 Å². The zero-order valence-electron chi connectivity index (χ0n) is 6.14. The number of alkyl halides is 2. The zero-order chi connectivity index (χ0) is 8.43. The third-order valence-electron chi connectivity index (χ3n) is 1.59. The van der Waals surface area contributed by atoms with E-state index in [1.54, 1.807) is 19.1 Å². The summed E-state index contributed by atoms with van der Waals surface area (Å²) in [5, 5.41) is 0. The molecule has 0 aliphatic heterocycles. The molecular weight excluding hydrogens is 148 g/mol. The molecule has 3 heteroatoms. The summed E-state index contributed by atoms with van der Waals surface area (Å²) in [6.07, 6.45) is -2.48. The molecule has 1 aromatic rings. The Balaban J connectivity index is 3.17. The first-order valence-corrected chi connectivity index (χ1v) is 3.26. The number of hydrogen-bond acceptors (Lipinski definition) is 1. The highest BCUT2D eigenvalue weighted by molar-refractivity contribution is 5.53. The van der Waals surface area contributed by atoms with Gasteiger partial charge in [0.1, 0.15) is 0 Å². The van der Waals surface area contributed by atoms with Gasteiger partial charge in [-0.3, -0.25) is 0 Å². The van der Waals surface area contributed by atoms with E-state index in [1.165, 1.54) is 6.07 Å². The summed E-state index contributed by atoms with van der Waals surface area (Å²) in [7, 11) is 0. The standard InChI is InChI=1S/C8H9F2N/c1-5-3-2-4-6(7(5)11)8(9)10/h2-4,8H,11H2,1H3. The van der Waals surface area contributed by atoms with Gasteiger partial charge in [0, 0.05) is 11.3 Å². The van der Waals surface area contributed by atoms with Gasteiger partial charge in [0.15, 0.2) is 0 Å². The molecule has 11 heavy (non-hydrogen) atoms. The van der Waals surface area contributed by atoms with Gasteiger partial charge in [-0.15, -0.1) is 0 Å². The summed E-state index contributed by atoms with van der Waals surface area (Å²) in [6, 6.07) is 4.63. The molecule has 60 valence electrons. The molecule has 0 aliphatic rings. The summed E-state index contributed by atoms with van der Waals surface area (Å²) >= 11 is 0. The average Bonchev–Trinajstić information content (AvgIpc) is 1.94. The highest BCUT2D eigenvalue weighted by Gasteiger charge is 2.10. The van der Waals surface area contributed by atoms with Crippen molar-refractivity contribution in [1.82, 2.24) is 0 Å². The van der Waals surface area contributed by atoms with Crippen LogP contribution in [0.4, 0.5) is 14.5 Å². The molecule has 1 rings (SSSR count). The first-order chi connectivity index (χ1) is 5.13. The quantitative estimate of drug-likeness (QED) is 0.623. The molecule has 0 fully saturated rings. The summed E-state index contributed by atoms with van der Waals surface area (Å²) in [4.78, 5) is 0. The second-order valence-electron chi connectivity index (χ2n) is 2.38. The highest BCUT2D eigenvalue weighted by Crippen LogP contribution is 2.26. The number of aryl methyl sites for hydroxylation is 1. The number of nitrogen functional groups attached to an aromatic ring is 1. The average molecular weight is 157 g/mol. The Hall–Kier alpha value is -1.12. The first kappa shape index (κ1) is 7.98. The Labute approximate surface area is 63.8 Å². The molecule has 1 nitrogen and oxygen atoms in total. The molecule has 0 saturated heterocycles. The molecule has 0 aliphatic carbocycles. The fraction of sp³-hybridized carbons (Fsp3) is 0.250. The van der Waals surface area contributed by atoms with Crippen molar-refractivity contribution in [3.8, 4) is 0 Å². The van der Waals surface area contributed by atoms with Crippen molar-refractivity contribution in [2.24, 2.45) is 0 Å². The van der Waals surface area contributed by atoms with Gasteiger partial charge < -0.3 is 5.73 Å². The third kappa shape index (κ3) is 1.48. The molecule has 0 amide bonds. The van der Waals surface area contributed by atoms with Gasteiger partial charge in [-0.2, -0.15) is 0 Å². The van der Waals surface area contributed by atoms with E-state index < -0.39 is 6.43 Å². The van der Waals surface area contributed by atoms with Crippen molar-refractivity contribution in [3.63, 3.8) is 0 Å². The summed E-state index contributed by atoms with van der Waals surface area (Å²) in [5.74, 6) is 0. The number of halogens is 2. The van der Waals surface area contributed by atoms with Crippen LogP contribution in [0.15, 0.2) is 18.2 Å². The van der Waals surface area contributed by atoms with E-state index >= 15 is 0 Å². The Morgan fingerprint density at radius 3 is 2.45 bits per heavy atom. The van der Waals surface area contributed by atoms with E-state index in [4.69, 9.17) is 5.73 Å². The van der Waals surface area contributed by atoms with Crippen molar-refractivity contribution in [3.05, 3.63) is 29.3 Å². The van der Waals surface area contributed by atoms with Crippen LogP contribution in [0.1, 0.15) is 17.6 Å². The highest BCUT2D eigenvalue weighted by atomic mass is 19.3. The minimum Gasteiger partial charge on any atom is -0.398 e. The van der Waals surface area contributed by atoms with Crippen LogP contribution in [-0.4, -0.2) is 0 Å². The molecule has 0 atom stereocenters. The molecule has 1 aromatic carbocycles. The fourth-order valence-corrected chi connectivity index (χ4v) is 0.894. The van der Waals surface area contributed by atoms with Crippen LogP contribution < -0.4 is 5.73 Å². The molecule has 0 radical (unpaired) electrons. The lowest BCUT2D eigenvalue weighted by molar-refractivity contribution is 0.152. The number of hydrogen-bond donors (Lipinski definition) is 1. The van der Waals surface area contributed by atoms with Crippen LogP contribution in [0, 0.1) is 6.92 Å². The van der Waals surface area contributed by atoms with E-state index in [0.29, 0.717) is 5.56 Å². The second-order valence-corrected chi connectivity index (χ2v) is 2.38. The lowest BCUT2D eigenvalue weighted by Crippen LogP contribution is -1.96. The van der Waals surface area contributed by atoms with Crippen LogP contribution in [0.25, 0.3) is 0 Å². The van der Waals surface area contributed by atoms with Crippen molar-refractivity contribution in [1.29, 1.82) is 0 Å². The van der Waals surface area contributed by atoms with E-state index in [2.05, 4.69) is 0 Å². The van der Waals surface area contributed by atoms with Gasteiger partial charge in [-0.1, -0.05) is 18.2 Å². The fourth-order valence-electron chi connectivity index (χ4n) is 0.894.